The van der Waals surface area contributed by atoms with Crippen molar-refractivity contribution in [1.82, 2.24) is 5.32 Å². The molecule has 1 N–H and O–H groups in total. The summed E-state index contributed by atoms with van der Waals surface area (Å²) in [5.41, 5.74) is 2.99. The number of piperidine rings is 2. The summed E-state index contributed by atoms with van der Waals surface area (Å²) in [4.78, 5) is 12.8. The summed E-state index contributed by atoms with van der Waals surface area (Å²) in [5.74, 6) is 1.37. The SMILES string of the molecule is COc1ccc(C2CC[N+](Cc3ccc(C)c(F)c3)(C3CCCNC3=O)CC2)cc1. The van der Waals surface area contributed by atoms with Gasteiger partial charge in [0.25, 0.3) is 5.91 Å². The molecule has 0 spiro atoms. The average Bonchev–Trinajstić information content (AvgIpc) is 2.77. The van der Waals surface area contributed by atoms with Gasteiger partial charge in [0.2, 0.25) is 0 Å². The first kappa shape index (κ1) is 20.9. The first-order chi connectivity index (χ1) is 14.5. The fourth-order valence-electron chi connectivity index (χ4n) is 5.25. The van der Waals surface area contributed by atoms with Gasteiger partial charge in [-0.2, -0.15) is 0 Å². The van der Waals surface area contributed by atoms with Crippen LogP contribution in [0, 0.1) is 12.7 Å². The minimum atomic E-state index is -0.160. The molecule has 4 rings (SSSR count). The molecule has 0 saturated carbocycles. The van der Waals surface area contributed by atoms with Gasteiger partial charge in [0, 0.05) is 31.4 Å². The van der Waals surface area contributed by atoms with E-state index in [1.165, 1.54) is 5.56 Å². The summed E-state index contributed by atoms with van der Waals surface area (Å²) in [6.45, 7) is 5.14. The summed E-state index contributed by atoms with van der Waals surface area (Å²) in [6.07, 6.45) is 3.99. The predicted octanol–water partition coefficient (Wildman–Crippen LogP) is 4.32. The molecule has 1 atom stereocenters. The van der Waals surface area contributed by atoms with Crippen LogP contribution in [0.3, 0.4) is 0 Å². The molecule has 2 aliphatic rings. The highest BCUT2D eigenvalue weighted by molar-refractivity contribution is 5.81. The quantitative estimate of drug-likeness (QED) is 0.745. The molecule has 2 fully saturated rings. The molecule has 0 bridgehead atoms. The highest BCUT2D eigenvalue weighted by Gasteiger charge is 2.45. The van der Waals surface area contributed by atoms with Crippen LogP contribution in [0.4, 0.5) is 4.39 Å². The van der Waals surface area contributed by atoms with E-state index in [4.69, 9.17) is 4.74 Å². The Kier molecular flexibility index (Phi) is 6.09. The van der Waals surface area contributed by atoms with Crippen LogP contribution < -0.4 is 10.1 Å². The third-order valence-electron chi connectivity index (χ3n) is 7.08. The lowest BCUT2D eigenvalue weighted by atomic mass is 9.85. The van der Waals surface area contributed by atoms with Gasteiger partial charge >= 0.3 is 0 Å². The number of carbonyl (C=O) groups excluding carboxylic acids is 1. The molecule has 0 aromatic heterocycles. The molecule has 2 saturated heterocycles. The van der Waals surface area contributed by atoms with Crippen LogP contribution in [0.15, 0.2) is 42.5 Å². The summed E-state index contributed by atoms with van der Waals surface area (Å²) >= 11 is 0. The second-order valence-electron chi connectivity index (χ2n) is 8.90. The average molecular weight is 412 g/mol. The number of nitrogens with zero attached hydrogens (tertiary/aromatic N) is 1. The van der Waals surface area contributed by atoms with E-state index in [9.17, 15) is 9.18 Å². The number of methoxy groups -OCH3 is 1. The summed E-state index contributed by atoms with van der Waals surface area (Å²) in [5, 5.41) is 3.07. The molecule has 0 aliphatic carbocycles. The van der Waals surface area contributed by atoms with Crippen LogP contribution in [0.5, 0.6) is 5.75 Å². The number of nitrogens with one attached hydrogen (secondary N) is 1. The van der Waals surface area contributed by atoms with Crippen LogP contribution >= 0.6 is 0 Å². The number of amides is 1. The fourth-order valence-corrected chi connectivity index (χ4v) is 5.25. The number of carbonyl (C=O) groups is 1. The Labute approximate surface area is 178 Å². The fraction of sp³-hybridized carbons (Fsp3) is 0.480. The minimum absolute atomic E-state index is 0.0417. The van der Waals surface area contributed by atoms with Crippen molar-refractivity contribution in [3.8, 4) is 5.75 Å². The van der Waals surface area contributed by atoms with E-state index in [0.29, 0.717) is 18.0 Å². The molecule has 2 aromatic carbocycles. The zero-order valence-electron chi connectivity index (χ0n) is 18.0. The zero-order valence-corrected chi connectivity index (χ0v) is 18.0. The van der Waals surface area contributed by atoms with Crippen LogP contribution in [0.2, 0.25) is 0 Å². The third kappa shape index (κ3) is 4.22. The van der Waals surface area contributed by atoms with Crippen molar-refractivity contribution in [3.63, 3.8) is 0 Å². The van der Waals surface area contributed by atoms with Gasteiger partial charge < -0.3 is 14.5 Å². The number of quaternary nitrogens is 1. The van der Waals surface area contributed by atoms with Gasteiger partial charge in [0.1, 0.15) is 18.1 Å². The Morgan fingerprint density at radius 3 is 2.47 bits per heavy atom. The summed E-state index contributed by atoms with van der Waals surface area (Å²) < 4.78 is 20.2. The molecule has 0 radical (unpaired) electrons. The van der Waals surface area contributed by atoms with Crippen molar-refractivity contribution in [2.24, 2.45) is 0 Å². The largest absolute Gasteiger partial charge is 0.497 e. The zero-order chi connectivity index (χ0) is 21.1. The number of benzene rings is 2. The number of hydrogen-bond donors (Lipinski definition) is 1. The maximum atomic E-state index is 14.2. The van der Waals surface area contributed by atoms with Crippen molar-refractivity contribution < 1.29 is 18.4 Å². The van der Waals surface area contributed by atoms with Crippen LogP contribution in [0.1, 0.15) is 48.3 Å². The number of rotatable bonds is 5. The summed E-state index contributed by atoms with van der Waals surface area (Å²) in [7, 11) is 1.69. The number of hydrogen-bond acceptors (Lipinski definition) is 2. The van der Waals surface area contributed by atoms with E-state index in [-0.39, 0.29) is 17.8 Å². The first-order valence-corrected chi connectivity index (χ1v) is 11.0. The van der Waals surface area contributed by atoms with Gasteiger partial charge in [0.05, 0.1) is 20.2 Å². The van der Waals surface area contributed by atoms with E-state index in [1.54, 1.807) is 20.1 Å². The van der Waals surface area contributed by atoms with E-state index in [1.807, 2.05) is 24.3 Å². The number of likely N-dealkylation sites (tertiary alicyclic amines) is 1. The molecule has 1 amide bonds. The van der Waals surface area contributed by atoms with Gasteiger partial charge in [0.15, 0.2) is 6.04 Å². The molecule has 1 unspecified atom stereocenters. The standard InChI is InChI=1S/C25H31FN2O2/c1-18-5-6-19(16-23(18)26)17-28(24-4-3-13-27-25(24)29)14-11-21(12-15-28)20-7-9-22(30-2)10-8-20/h5-10,16,21,24H,3-4,11-15,17H2,1-2H3/p+1. The Morgan fingerprint density at radius 1 is 1.10 bits per heavy atom. The van der Waals surface area contributed by atoms with Gasteiger partial charge in [-0.05, 0) is 48.6 Å². The van der Waals surface area contributed by atoms with E-state index >= 15 is 0 Å². The van der Waals surface area contributed by atoms with Crippen LogP contribution in [0.25, 0.3) is 0 Å². The molecule has 2 aromatic rings. The Bertz CT molecular complexity index is 889. The van der Waals surface area contributed by atoms with Gasteiger partial charge in [-0.25, -0.2) is 4.39 Å². The molecular weight excluding hydrogens is 379 g/mol. The Hall–Kier alpha value is -2.40. The highest BCUT2D eigenvalue weighted by atomic mass is 19.1. The Balaban J connectivity index is 1.56. The normalized spacial score (nSPS) is 26.8. The highest BCUT2D eigenvalue weighted by Crippen LogP contribution is 2.37. The molecule has 5 heteroatoms. The smallest absolute Gasteiger partial charge is 0.278 e. The van der Waals surface area contributed by atoms with Crippen molar-refractivity contribution >= 4 is 5.91 Å². The number of ether oxygens (including phenoxy) is 1. The first-order valence-electron chi connectivity index (χ1n) is 11.0. The molecule has 2 heterocycles. The second kappa shape index (κ2) is 8.76. The molecule has 30 heavy (non-hydrogen) atoms. The third-order valence-corrected chi connectivity index (χ3v) is 7.08. The van der Waals surface area contributed by atoms with Crippen molar-refractivity contribution in [2.75, 3.05) is 26.7 Å². The Morgan fingerprint density at radius 2 is 1.83 bits per heavy atom. The van der Waals surface area contributed by atoms with E-state index in [2.05, 4.69) is 17.4 Å². The maximum absolute atomic E-state index is 14.2. The topological polar surface area (TPSA) is 38.3 Å². The lowest BCUT2D eigenvalue weighted by Crippen LogP contribution is -2.64. The van der Waals surface area contributed by atoms with Gasteiger partial charge in [-0.15, -0.1) is 0 Å². The van der Waals surface area contributed by atoms with Gasteiger partial charge in [-0.1, -0.05) is 24.3 Å². The monoisotopic (exact) mass is 411 g/mol. The maximum Gasteiger partial charge on any atom is 0.278 e. The van der Waals surface area contributed by atoms with Crippen LogP contribution in [-0.2, 0) is 11.3 Å². The van der Waals surface area contributed by atoms with E-state index in [0.717, 1.165) is 61.1 Å². The van der Waals surface area contributed by atoms with Crippen molar-refractivity contribution in [1.29, 1.82) is 0 Å². The van der Waals surface area contributed by atoms with Crippen molar-refractivity contribution in [2.45, 2.75) is 51.1 Å². The second-order valence-corrected chi connectivity index (χ2v) is 8.90. The van der Waals surface area contributed by atoms with E-state index < -0.39 is 0 Å². The molecule has 4 nitrogen and oxygen atoms in total. The van der Waals surface area contributed by atoms with Gasteiger partial charge in [-0.3, -0.25) is 4.79 Å². The lowest BCUT2D eigenvalue weighted by Gasteiger charge is -2.49. The van der Waals surface area contributed by atoms with Crippen molar-refractivity contribution in [3.05, 3.63) is 65.0 Å². The predicted molar refractivity (Wildman–Crippen MR) is 116 cm³/mol. The molecular formula is C25H32FN2O2+. The molecule has 2 aliphatic heterocycles. The number of halogens is 1. The minimum Gasteiger partial charge on any atom is -0.497 e. The molecule has 160 valence electrons. The lowest BCUT2D eigenvalue weighted by molar-refractivity contribution is -0.960. The summed E-state index contributed by atoms with van der Waals surface area (Å²) in [6, 6.07) is 13.9. The van der Waals surface area contributed by atoms with Crippen LogP contribution in [-0.4, -0.2) is 43.2 Å². The number of aryl methyl sites for hydroxylation is 1.